The first kappa shape index (κ1) is 12.3. The summed E-state index contributed by atoms with van der Waals surface area (Å²) < 4.78 is 0. The van der Waals surface area contributed by atoms with Crippen LogP contribution in [-0.2, 0) is 9.59 Å². The fraction of sp³-hybridized carbons (Fsp3) is 0.462. The molecule has 0 radical (unpaired) electrons. The van der Waals surface area contributed by atoms with Crippen LogP contribution in [0, 0.1) is 23.2 Å². The number of carbonyl (C=O) groups excluding carboxylic acids is 2. The van der Waals surface area contributed by atoms with Crippen molar-refractivity contribution in [2.75, 3.05) is 5.32 Å². The smallest absolute Gasteiger partial charge is 0.230 e. The third-order valence-electron chi connectivity index (χ3n) is 4.35. The summed E-state index contributed by atoms with van der Waals surface area (Å²) in [7, 11) is 0. The Bertz CT molecular complexity index is 554. The van der Waals surface area contributed by atoms with Gasteiger partial charge in [-0.2, -0.15) is 0 Å². The number of rotatable bonds is 3. The maximum Gasteiger partial charge on any atom is 0.230 e. The standard InChI is InChI=1S/C13H14N2O3S/c1-13(11(17)18)8-3-2-7(6-8)9(13)10(16)15-12-14-4-5-19-12/h2-5,7-9H,6H2,1H3,(H,17,18)(H,14,15,16)/p-1/t7-,8+,9+,13+/m0/s1. The van der Waals surface area contributed by atoms with Crippen molar-refractivity contribution in [1.82, 2.24) is 4.98 Å². The lowest BCUT2D eigenvalue weighted by Crippen LogP contribution is -2.51. The first-order valence-electron chi connectivity index (χ1n) is 6.13. The van der Waals surface area contributed by atoms with E-state index in [2.05, 4.69) is 10.3 Å². The summed E-state index contributed by atoms with van der Waals surface area (Å²) in [6, 6.07) is 0. The number of aliphatic carboxylic acids is 1. The van der Waals surface area contributed by atoms with Crippen molar-refractivity contribution in [3.8, 4) is 0 Å². The van der Waals surface area contributed by atoms with Crippen molar-refractivity contribution in [3.63, 3.8) is 0 Å². The van der Waals surface area contributed by atoms with Gasteiger partial charge in [-0.05, 0) is 18.3 Å². The van der Waals surface area contributed by atoms with Gasteiger partial charge in [-0.1, -0.05) is 19.1 Å². The lowest BCUT2D eigenvalue weighted by molar-refractivity contribution is -0.321. The van der Waals surface area contributed by atoms with Gasteiger partial charge in [-0.15, -0.1) is 11.3 Å². The molecule has 1 N–H and O–H groups in total. The molecule has 2 aliphatic carbocycles. The summed E-state index contributed by atoms with van der Waals surface area (Å²) in [6.45, 7) is 1.61. The second-order valence-corrected chi connectivity index (χ2v) is 6.16. The Kier molecular flexibility index (Phi) is 2.70. The second kappa shape index (κ2) is 4.16. The Hall–Kier alpha value is -1.69. The van der Waals surface area contributed by atoms with E-state index in [1.807, 2.05) is 12.2 Å². The number of thiazole rings is 1. The van der Waals surface area contributed by atoms with Gasteiger partial charge in [0.05, 0.1) is 5.92 Å². The van der Waals surface area contributed by atoms with Gasteiger partial charge in [-0.3, -0.25) is 4.79 Å². The first-order valence-corrected chi connectivity index (χ1v) is 7.01. The van der Waals surface area contributed by atoms with Gasteiger partial charge in [-0.25, -0.2) is 4.98 Å². The highest BCUT2D eigenvalue weighted by Crippen LogP contribution is 2.56. The molecule has 1 amide bonds. The van der Waals surface area contributed by atoms with Crippen LogP contribution in [0.5, 0.6) is 0 Å². The van der Waals surface area contributed by atoms with E-state index in [1.54, 1.807) is 18.5 Å². The van der Waals surface area contributed by atoms with Gasteiger partial charge in [0.1, 0.15) is 0 Å². The molecule has 19 heavy (non-hydrogen) atoms. The quantitative estimate of drug-likeness (QED) is 0.823. The third-order valence-corrected chi connectivity index (χ3v) is 5.03. The van der Waals surface area contributed by atoms with Crippen LogP contribution in [0.1, 0.15) is 13.3 Å². The summed E-state index contributed by atoms with van der Waals surface area (Å²) in [4.78, 5) is 27.8. The van der Waals surface area contributed by atoms with Crippen LogP contribution in [-0.4, -0.2) is 16.9 Å². The Morgan fingerprint density at radius 1 is 1.53 bits per heavy atom. The van der Waals surface area contributed by atoms with E-state index in [1.165, 1.54) is 11.3 Å². The molecule has 0 saturated heterocycles. The van der Waals surface area contributed by atoms with E-state index in [0.717, 1.165) is 0 Å². The molecule has 1 fully saturated rings. The number of anilines is 1. The van der Waals surface area contributed by atoms with Crippen LogP contribution in [0.4, 0.5) is 5.13 Å². The number of carbonyl (C=O) groups is 2. The normalized spacial score (nSPS) is 35.5. The molecule has 1 aromatic heterocycles. The van der Waals surface area contributed by atoms with Gasteiger partial charge in [0.25, 0.3) is 0 Å². The van der Waals surface area contributed by atoms with Crippen LogP contribution < -0.4 is 10.4 Å². The maximum atomic E-state index is 12.4. The summed E-state index contributed by atoms with van der Waals surface area (Å²) in [5.41, 5.74) is -1.12. The number of fused-ring (bicyclic) bond motifs is 2. The van der Waals surface area contributed by atoms with Gasteiger partial charge >= 0.3 is 0 Å². The fourth-order valence-corrected chi connectivity index (χ4v) is 3.84. The summed E-state index contributed by atoms with van der Waals surface area (Å²) in [5.74, 6) is -2.15. The summed E-state index contributed by atoms with van der Waals surface area (Å²) in [5, 5.41) is 16.5. The molecule has 2 bridgehead atoms. The topological polar surface area (TPSA) is 82.1 Å². The highest BCUT2D eigenvalue weighted by Gasteiger charge is 2.57. The lowest BCUT2D eigenvalue weighted by Gasteiger charge is -2.38. The average Bonchev–Trinajstić information content (AvgIpc) is 3.03. The van der Waals surface area contributed by atoms with Crippen molar-refractivity contribution in [2.45, 2.75) is 13.3 Å². The number of carboxylic acids is 1. The number of hydrogen-bond acceptors (Lipinski definition) is 5. The monoisotopic (exact) mass is 277 g/mol. The van der Waals surface area contributed by atoms with E-state index in [0.29, 0.717) is 11.6 Å². The maximum absolute atomic E-state index is 12.4. The highest BCUT2D eigenvalue weighted by atomic mass is 32.1. The second-order valence-electron chi connectivity index (χ2n) is 5.27. The largest absolute Gasteiger partial charge is 0.550 e. The van der Waals surface area contributed by atoms with E-state index in [4.69, 9.17) is 0 Å². The Morgan fingerprint density at radius 3 is 2.95 bits per heavy atom. The summed E-state index contributed by atoms with van der Waals surface area (Å²) in [6.07, 6.45) is 6.15. The molecule has 5 nitrogen and oxygen atoms in total. The highest BCUT2D eigenvalue weighted by molar-refractivity contribution is 7.13. The minimum Gasteiger partial charge on any atom is -0.550 e. The molecule has 0 aromatic carbocycles. The van der Waals surface area contributed by atoms with Crippen LogP contribution >= 0.6 is 11.3 Å². The predicted octanol–water partition coefficient (Wildman–Crippen LogP) is 0.660. The van der Waals surface area contributed by atoms with Crippen LogP contribution in [0.25, 0.3) is 0 Å². The van der Waals surface area contributed by atoms with E-state index in [9.17, 15) is 14.7 Å². The van der Waals surface area contributed by atoms with Gasteiger partial charge in [0.15, 0.2) is 5.13 Å². The zero-order valence-electron chi connectivity index (χ0n) is 10.3. The summed E-state index contributed by atoms with van der Waals surface area (Å²) >= 11 is 1.31. The van der Waals surface area contributed by atoms with Gasteiger partial charge < -0.3 is 15.2 Å². The zero-order valence-corrected chi connectivity index (χ0v) is 11.1. The molecule has 2 aliphatic rings. The minimum absolute atomic E-state index is 0.0205. The molecule has 3 rings (SSSR count). The van der Waals surface area contributed by atoms with Crippen molar-refractivity contribution >= 4 is 28.3 Å². The number of nitrogens with zero attached hydrogens (tertiary/aromatic N) is 1. The molecule has 4 atom stereocenters. The molecule has 100 valence electrons. The van der Waals surface area contributed by atoms with Gasteiger partial charge in [0.2, 0.25) is 5.91 Å². The van der Waals surface area contributed by atoms with Gasteiger partial charge in [0, 0.05) is 23.0 Å². The number of amides is 1. The Balaban J connectivity index is 1.88. The SMILES string of the molecule is C[C@@]1(C(=O)[O-])[C@@H]2C=C[C@@H](C2)[C@@H]1C(=O)Nc1nccs1. The lowest BCUT2D eigenvalue weighted by atomic mass is 9.69. The molecule has 0 spiro atoms. The fourth-order valence-electron chi connectivity index (χ4n) is 3.31. The average molecular weight is 277 g/mol. The van der Waals surface area contributed by atoms with Crippen LogP contribution in [0.3, 0.4) is 0 Å². The molecule has 0 unspecified atom stereocenters. The van der Waals surface area contributed by atoms with Crippen molar-refractivity contribution < 1.29 is 14.7 Å². The number of carboxylic acid groups (broad SMARTS) is 1. The molecular weight excluding hydrogens is 264 g/mol. The molecule has 1 aromatic rings. The Morgan fingerprint density at radius 2 is 2.32 bits per heavy atom. The van der Waals surface area contributed by atoms with Crippen molar-refractivity contribution in [3.05, 3.63) is 23.7 Å². The number of nitrogens with one attached hydrogen (secondary N) is 1. The molecule has 6 heteroatoms. The predicted molar refractivity (Wildman–Crippen MR) is 68.1 cm³/mol. The molecular formula is C13H13N2O3S-. The molecule has 1 saturated carbocycles. The number of allylic oxidation sites excluding steroid dienone is 2. The molecule has 0 aliphatic heterocycles. The van der Waals surface area contributed by atoms with E-state index >= 15 is 0 Å². The van der Waals surface area contributed by atoms with Crippen LogP contribution in [0.15, 0.2) is 23.7 Å². The third kappa shape index (κ3) is 1.70. The number of hydrogen-bond donors (Lipinski definition) is 1. The zero-order chi connectivity index (χ0) is 13.6. The molecule has 1 heterocycles. The van der Waals surface area contributed by atoms with Crippen molar-refractivity contribution in [1.29, 1.82) is 0 Å². The van der Waals surface area contributed by atoms with E-state index < -0.39 is 17.3 Å². The van der Waals surface area contributed by atoms with E-state index in [-0.39, 0.29) is 17.7 Å². The number of aromatic nitrogens is 1. The van der Waals surface area contributed by atoms with Crippen molar-refractivity contribution in [2.24, 2.45) is 23.2 Å². The Labute approximate surface area is 114 Å². The van der Waals surface area contributed by atoms with Crippen LogP contribution in [0.2, 0.25) is 0 Å². The first-order chi connectivity index (χ1) is 9.03. The minimum atomic E-state index is -1.15.